The molecule has 1 N–H and O–H groups in total. The molecule has 2 rings (SSSR count). The van der Waals surface area contributed by atoms with E-state index in [-0.39, 0.29) is 0 Å². The number of hydrogen-bond donors (Lipinski definition) is 1. The van der Waals surface area contributed by atoms with Gasteiger partial charge in [-0.2, -0.15) is 4.98 Å². The third kappa shape index (κ3) is 3.93. The van der Waals surface area contributed by atoms with Crippen molar-refractivity contribution < 1.29 is 9.47 Å². The third-order valence-corrected chi connectivity index (χ3v) is 2.60. The number of rotatable bonds is 7. The van der Waals surface area contributed by atoms with Crippen molar-refractivity contribution in [2.75, 3.05) is 13.7 Å². The fourth-order valence-electron chi connectivity index (χ4n) is 1.71. The zero-order valence-electron chi connectivity index (χ0n) is 11.8. The van der Waals surface area contributed by atoms with Gasteiger partial charge in [-0.1, -0.05) is 25.1 Å². The summed E-state index contributed by atoms with van der Waals surface area (Å²) in [6, 6.07) is 7.83. The topological polar surface area (TPSA) is 56.3 Å². The van der Waals surface area contributed by atoms with Gasteiger partial charge in [0, 0.05) is 12.1 Å². The van der Waals surface area contributed by atoms with Crippen molar-refractivity contribution in [1.29, 1.82) is 0 Å². The van der Waals surface area contributed by atoms with Crippen LogP contribution in [0.5, 0.6) is 17.5 Å². The van der Waals surface area contributed by atoms with Gasteiger partial charge in [0.2, 0.25) is 11.8 Å². The average Bonchev–Trinajstić information content (AvgIpc) is 2.48. The number of aromatic nitrogens is 2. The number of ether oxygens (including phenoxy) is 2. The number of nitrogens with one attached hydrogen (secondary N) is 1. The second-order valence-corrected chi connectivity index (χ2v) is 4.28. The first-order valence-corrected chi connectivity index (χ1v) is 6.68. The molecule has 5 nitrogen and oxygen atoms in total. The number of para-hydroxylation sites is 1. The third-order valence-electron chi connectivity index (χ3n) is 2.60. The van der Waals surface area contributed by atoms with Crippen LogP contribution in [0.3, 0.4) is 0 Å². The molecule has 0 fully saturated rings. The highest BCUT2D eigenvalue weighted by atomic mass is 16.5. The fraction of sp³-hybridized carbons (Fsp3) is 0.333. The van der Waals surface area contributed by atoms with Crippen molar-refractivity contribution in [2.45, 2.75) is 19.9 Å². The molecule has 20 heavy (non-hydrogen) atoms. The average molecular weight is 273 g/mol. The Hall–Kier alpha value is -2.14. The van der Waals surface area contributed by atoms with E-state index in [1.807, 2.05) is 38.2 Å². The minimum absolute atomic E-state index is 0.433. The molecule has 5 heteroatoms. The first-order chi connectivity index (χ1) is 9.83. The molecule has 0 saturated heterocycles. The van der Waals surface area contributed by atoms with E-state index >= 15 is 0 Å². The Kier molecular flexibility index (Phi) is 5.32. The molecule has 2 aromatic rings. The van der Waals surface area contributed by atoms with Gasteiger partial charge >= 0.3 is 0 Å². The molecule has 1 heterocycles. The number of nitrogens with zero attached hydrogens (tertiary/aromatic N) is 2. The van der Waals surface area contributed by atoms with E-state index < -0.39 is 0 Å². The highest BCUT2D eigenvalue weighted by Gasteiger charge is 2.06. The van der Waals surface area contributed by atoms with Crippen molar-refractivity contribution in [3.05, 3.63) is 42.2 Å². The molecule has 0 aliphatic carbocycles. The van der Waals surface area contributed by atoms with Crippen LogP contribution in [0.1, 0.15) is 18.9 Å². The van der Waals surface area contributed by atoms with Gasteiger partial charge in [0.15, 0.2) is 0 Å². The molecule has 0 aliphatic rings. The molecular formula is C15H19N3O2. The Morgan fingerprint density at radius 3 is 2.75 bits per heavy atom. The highest BCUT2D eigenvalue weighted by molar-refractivity contribution is 5.35. The normalized spacial score (nSPS) is 10.3. The van der Waals surface area contributed by atoms with Crippen LogP contribution in [0.15, 0.2) is 36.7 Å². The smallest absolute Gasteiger partial charge is 0.241 e. The molecule has 0 spiro atoms. The van der Waals surface area contributed by atoms with Gasteiger partial charge in [0.25, 0.3) is 0 Å². The second kappa shape index (κ2) is 7.45. The van der Waals surface area contributed by atoms with E-state index in [0.717, 1.165) is 24.3 Å². The van der Waals surface area contributed by atoms with Crippen LogP contribution in [0.25, 0.3) is 0 Å². The van der Waals surface area contributed by atoms with Crippen LogP contribution < -0.4 is 14.8 Å². The van der Waals surface area contributed by atoms with E-state index in [1.54, 1.807) is 12.4 Å². The van der Waals surface area contributed by atoms with Gasteiger partial charge in [0.1, 0.15) is 5.75 Å². The lowest BCUT2D eigenvalue weighted by Gasteiger charge is -2.10. The molecular weight excluding hydrogens is 254 g/mol. The van der Waals surface area contributed by atoms with Gasteiger partial charge in [-0.05, 0) is 19.5 Å². The minimum Gasteiger partial charge on any atom is -0.477 e. The molecule has 0 radical (unpaired) electrons. The standard InChI is InChI=1S/C15H19N3O2/c1-3-8-19-14-10-17-11-15(18-14)20-13-7-5-4-6-12(13)9-16-2/h4-7,10-11,16H,3,8-9H2,1-2H3. The SMILES string of the molecule is CCCOc1cncc(Oc2ccccc2CNC)n1. The Morgan fingerprint density at radius 1 is 1.15 bits per heavy atom. The monoisotopic (exact) mass is 273 g/mol. The van der Waals surface area contributed by atoms with E-state index in [0.29, 0.717) is 18.4 Å². The summed E-state index contributed by atoms with van der Waals surface area (Å²) in [7, 11) is 1.90. The molecule has 0 amide bonds. The predicted molar refractivity (Wildman–Crippen MR) is 77.1 cm³/mol. The fourth-order valence-corrected chi connectivity index (χ4v) is 1.71. The zero-order valence-corrected chi connectivity index (χ0v) is 11.8. The van der Waals surface area contributed by atoms with Crippen LogP contribution in [0.2, 0.25) is 0 Å². The van der Waals surface area contributed by atoms with Crippen LogP contribution >= 0.6 is 0 Å². The molecule has 106 valence electrons. The van der Waals surface area contributed by atoms with Gasteiger partial charge in [-0.25, -0.2) is 0 Å². The highest BCUT2D eigenvalue weighted by Crippen LogP contribution is 2.24. The Labute approximate surface area is 119 Å². The quantitative estimate of drug-likeness (QED) is 0.840. The molecule has 0 saturated carbocycles. The molecule has 0 unspecified atom stereocenters. The van der Waals surface area contributed by atoms with E-state index in [2.05, 4.69) is 15.3 Å². The van der Waals surface area contributed by atoms with E-state index in [1.165, 1.54) is 0 Å². The largest absolute Gasteiger partial charge is 0.477 e. The summed E-state index contributed by atoms with van der Waals surface area (Å²) in [5.41, 5.74) is 1.07. The lowest BCUT2D eigenvalue weighted by Crippen LogP contribution is -2.06. The summed E-state index contributed by atoms with van der Waals surface area (Å²) in [4.78, 5) is 8.36. The van der Waals surface area contributed by atoms with Crippen LogP contribution in [-0.2, 0) is 6.54 Å². The Morgan fingerprint density at radius 2 is 1.95 bits per heavy atom. The molecule has 0 atom stereocenters. The van der Waals surface area contributed by atoms with E-state index in [4.69, 9.17) is 9.47 Å². The van der Waals surface area contributed by atoms with Crippen LogP contribution in [-0.4, -0.2) is 23.6 Å². The minimum atomic E-state index is 0.433. The Bertz CT molecular complexity index is 546. The number of hydrogen-bond acceptors (Lipinski definition) is 5. The van der Waals surface area contributed by atoms with Gasteiger partial charge in [-0.3, -0.25) is 4.98 Å². The van der Waals surface area contributed by atoms with Gasteiger partial charge < -0.3 is 14.8 Å². The molecule has 0 bridgehead atoms. The van der Waals surface area contributed by atoms with Crippen molar-refractivity contribution in [3.8, 4) is 17.5 Å². The van der Waals surface area contributed by atoms with Crippen molar-refractivity contribution in [1.82, 2.24) is 15.3 Å². The van der Waals surface area contributed by atoms with Crippen LogP contribution in [0, 0.1) is 0 Å². The lowest BCUT2D eigenvalue weighted by atomic mass is 10.2. The first kappa shape index (κ1) is 14.3. The van der Waals surface area contributed by atoms with Gasteiger partial charge in [-0.15, -0.1) is 0 Å². The Balaban J connectivity index is 2.13. The maximum atomic E-state index is 5.79. The van der Waals surface area contributed by atoms with Crippen molar-refractivity contribution >= 4 is 0 Å². The summed E-state index contributed by atoms with van der Waals surface area (Å²) in [5.74, 6) is 1.68. The molecule has 1 aromatic heterocycles. The van der Waals surface area contributed by atoms with Gasteiger partial charge in [0.05, 0.1) is 19.0 Å². The predicted octanol–water partition coefficient (Wildman–Crippen LogP) is 2.78. The molecule has 1 aromatic carbocycles. The molecule has 0 aliphatic heterocycles. The summed E-state index contributed by atoms with van der Waals surface area (Å²) in [6.45, 7) is 3.39. The van der Waals surface area contributed by atoms with E-state index in [9.17, 15) is 0 Å². The zero-order chi connectivity index (χ0) is 14.2. The maximum absolute atomic E-state index is 5.79. The summed E-state index contributed by atoms with van der Waals surface area (Å²) in [6.07, 6.45) is 4.09. The lowest BCUT2D eigenvalue weighted by molar-refractivity contribution is 0.298. The first-order valence-electron chi connectivity index (χ1n) is 6.68. The summed E-state index contributed by atoms with van der Waals surface area (Å²) < 4.78 is 11.2. The van der Waals surface area contributed by atoms with Crippen molar-refractivity contribution in [3.63, 3.8) is 0 Å². The second-order valence-electron chi connectivity index (χ2n) is 4.28. The summed E-state index contributed by atoms with van der Waals surface area (Å²) >= 11 is 0. The van der Waals surface area contributed by atoms with Crippen molar-refractivity contribution in [2.24, 2.45) is 0 Å². The van der Waals surface area contributed by atoms with Crippen LogP contribution in [0.4, 0.5) is 0 Å². The maximum Gasteiger partial charge on any atom is 0.241 e. The summed E-state index contributed by atoms with van der Waals surface area (Å²) in [5, 5.41) is 3.11. The number of benzene rings is 1.